The topological polar surface area (TPSA) is 85.6 Å². The third-order valence-corrected chi connectivity index (χ3v) is 10.1. The lowest BCUT2D eigenvalue weighted by atomic mass is 9.47. The number of benzene rings is 5. The molecule has 0 saturated carbocycles. The van der Waals surface area contributed by atoms with E-state index in [9.17, 15) is 15.8 Å². The lowest BCUT2D eigenvalue weighted by Crippen LogP contribution is -2.53. The maximum absolute atomic E-state index is 10.6. The van der Waals surface area contributed by atoms with Gasteiger partial charge in [-0.1, -0.05) is 71.9 Å². The van der Waals surface area contributed by atoms with Gasteiger partial charge in [-0.2, -0.15) is 15.8 Å². The first-order valence-electron chi connectivity index (χ1n) is 16.4. The number of aromatic nitrogens is 2. The molecule has 232 valence electrons. The van der Waals surface area contributed by atoms with Gasteiger partial charge < -0.3 is 9.05 Å². The van der Waals surface area contributed by atoms with Gasteiger partial charge in [-0.3, -0.25) is 0 Å². The van der Waals surface area contributed by atoms with Crippen LogP contribution >= 0.6 is 0 Å². The zero-order valence-corrected chi connectivity index (χ0v) is 28.3. The van der Waals surface area contributed by atoms with Crippen molar-refractivity contribution in [1.29, 1.82) is 15.8 Å². The molecule has 0 amide bonds. The van der Waals surface area contributed by atoms with Crippen molar-refractivity contribution < 1.29 is 0 Å². The van der Waals surface area contributed by atoms with E-state index in [1.165, 1.54) is 16.5 Å². The Balaban J connectivity index is 1.64. The van der Waals surface area contributed by atoms with Crippen LogP contribution in [-0.4, -0.2) is 15.9 Å². The molecule has 0 aliphatic carbocycles. The predicted octanol–water partition coefficient (Wildman–Crippen LogP) is 8.62. The molecule has 7 aromatic rings. The molecular formula is C42H31BN6. The Hall–Kier alpha value is -6.28. The lowest BCUT2D eigenvalue weighted by Gasteiger charge is -2.30. The number of para-hydroxylation sites is 1. The highest BCUT2D eigenvalue weighted by atomic mass is 15.0. The number of hydrogen-bond acceptors (Lipinski definition) is 3. The van der Waals surface area contributed by atoms with Gasteiger partial charge in [0, 0.05) is 21.8 Å². The summed E-state index contributed by atoms with van der Waals surface area (Å²) in [5.41, 5.74) is 10.3. The zero-order chi connectivity index (χ0) is 34.6. The molecule has 0 unspecified atom stereocenters. The predicted molar refractivity (Wildman–Crippen MR) is 198 cm³/mol. The number of fused-ring (bicyclic) bond motifs is 8. The summed E-state index contributed by atoms with van der Waals surface area (Å²) in [6, 6.07) is 33.6. The molecule has 0 saturated heterocycles. The Morgan fingerprint density at radius 1 is 0.633 bits per heavy atom. The van der Waals surface area contributed by atoms with Crippen LogP contribution in [0.15, 0.2) is 78.9 Å². The minimum absolute atomic E-state index is 0.0372. The standard InChI is InChI=1S/C42H31BN6/c1-41(2,3)27-12-13-36-30(17-27)32-18-28(42(4,5)6)19-35-40(32)48(36)37-11-9-8-10-34(37)43(35)49-38-25(22-45)14-24(21-44)15-31(38)33-20-29(47-7)16-26(23-46)39(33)49/h8-20H,1-6H3. The Kier molecular flexibility index (Phi) is 6.21. The van der Waals surface area contributed by atoms with Gasteiger partial charge in [0.2, 0.25) is 0 Å². The van der Waals surface area contributed by atoms with E-state index >= 15 is 0 Å². The smallest absolute Gasteiger partial charge is 0.332 e. The molecular weight excluding hydrogens is 599 g/mol. The lowest BCUT2D eigenvalue weighted by molar-refractivity contribution is 0.590. The SMILES string of the molecule is [C-]#[N+]c1cc(C#N)c2c(c1)c1cc(C#N)cc(C#N)c1n2B1c2ccccc2-n2c3ccc(C(C)(C)C)cc3c3cc(C(C)(C)C)cc1c32. The summed E-state index contributed by atoms with van der Waals surface area (Å²) < 4.78 is 4.51. The van der Waals surface area contributed by atoms with Crippen molar-refractivity contribution >= 4 is 67.1 Å². The third kappa shape index (κ3) is 4.17. The third-order valence-electron chi connectivity index (χ3n) is 10.1. The van der Waals surface area contributed by atoms with Crippen LogP contribution in [0.5, 0.6) is 0 Å². The molecule has 0 radical (unpaired) electrons. The van der Waals surface area contributed by atoms with Crippen LogP contribution in [0.4, 0.5) is 5.69 Å². The van der Waals surface area contributed by atoms with Crippen LogP contribution in [0, 0.1) is 40.6 Å². The monoisotopic (exact) mass is 630 g/mol. The highest BCUT2D eigenvalue weighted by molar-refractivity contribution is 6.88. The van der Waals surface area contributed by atoms with Crippen molar-refractivity contribution in [2.24, 2.45) is 0 Å². The summed E-state index contributed by atoms with van der Waals surface area (Å²) in [5.74, 6) is 0. The molecule has 1 aliphatic heterocycles. The summed E-state index contributed by atoms with van der Waals surface area (Å²) in [5, 5.41) is 34.8. The molecule has 5 aromatic carbocycles. The number of nitriles is 3. The molecule has 0 fully saturated rings. The van der Waals surface area contributed by atoms with E-state index in [0.717, 1.165) is 33.0 Å². The zero-order valence-electron chi connectivity index (χ0n) is 28.3. The Morgan fingerprint density at radius 3 is 1.92 bits per heavy atom. The van der Waals surface area contributed by atoms with Gasteiger partial charge in [-0.05, 0) is 86.8 Å². The molecule has 6 nitrogen and oxygen atoms in total. The fourth-order valence-electron chi connectivity index (χ4n) is 7.76. The van der Waals surface area contributed by atoms with E-state index in [-0.39, 0.29) is 10.8 Å². The van der Waals surface area contributed by atoms with Gasteiger partial charge in [0.15, 0.2) is 5.69 Å². The molecule has 0 N–H and O–H groups in total. The van der Waals surface area contributed by atoms with E-state index in [1.54, 1.807) is 24.3 Å². The number of rotatable bonds is 1. The second kappa shape index (κ2) is 10.1. The average Bonchev–Trinajstić information content (AvgIpc) is 3.60. The van der Waals surface area contributed by atoms with Crippen LogP contribution in [0.25, 0.3) is 54.1 Å². The maximum Gasteiger partial charge on any atom is 0.332 e. The van der Waals surface area contributed by atoms with Crippen molar-refractivity contribution in [2.75, 3.05) is 0 Å². The number of hydrogen-bond donors (Lipinski definition) is 0. The van der Waals surface area contributed by atoms with Crippen LogP contribution in [0.1, 0.15) is 69.4 Å². The minimum Gasteiger partial charge on any atom is -0.374 e. The average molecular weight is 631 g/mol. The Bertz CT molecular complexity index is 2700. The molecule has 0 bridgehead atoms. The van der Waals surface area contributed by atoms with Gasteiger partial charge in [0.1, 0.15) is 6.07 Å². The fraction of sp³-hybridized carbons (Fsp3) is 0.190. The number of nitrogens with zero attached hydrogens (tertiary/aromatic N) is 6. The van der Waals surface area contributed by atoms with Crippen LogP contribution in [0.3, 0.4) is 0 Å². The van der Waals surface area contributed by atoms with Crippen molar-refractivity contribution in [3.63, 3.8) is 0 Å². The first-order chi connectivity index (χ1) is 23.4. The molecule has 1 aliphatic rings. The van der Waals surface area contributed by atoms with Crippen molar-refractivity contribution in [3.8, 4) is 23.9 Å². The van der Waals surface area contributed by atoms with E-state index in [2.05, 4.69) is 122 Å². The van der Waals surface area contributed by atoms with Crippen molar-refractivity contribution in [2.45, 2.75) is 52.4 Å². The molecule has 49 heavy (non-hydrogen) atoms. The molecule has 3 heterocycles. The van der Waals surface area contributed by atoms with Gasteiger partial charge in [-0.25, -0.2) is 4.85 Å². The van der Waals surface area contributed by atoms with Crippen LogP contribution in [0.2, 0.25) is 0 Å². The molecule has 0 spiro atoms. The van der Waals surface area contributed by atoms with E-state index in [4.69, 9.17) is 6.57 Å². The first-order valence-corrected chi connectivity index (χ1v) is 16.4. The largest absolute Gasteiger partial charge is 0.374 e. The van der Waals surface area contributed by atoms with Crippen molar-refractivity contribution in [3.05, 3.63) is 118 Å². The molecule has 8 rings (SSSR count). The summed E-state index contributed by atoms with van der Waals surface area (Å²) in [7, 11) is 0. The van der Waals surface area contributed by atoms with Gasteiger partial charge >= 0.3 is 6.85 Å². The molecule has 2 aromatic heterocycles. The van der Waals surface area contributed by atoms with E-state index < -0.39 is 6.85 Å². The maximum atomic E-state index is 10.6. The molecule has 0 atom stereocenters. The normalized spacial score (nSPS) is 12.6. The van der Waals surface area contributed by atoms with Crippen molar-refractivity contribution in [1.82, 2.24) is 9.05 Å². The second-order valence-electron chi connectivity index (χ2n) is 15.1. The fourth-order valence-corrected chi connectivity index (χ4v) is 7.76. The van der Waals surface area contributed by atoms with Gasteiger partial charge in [-0.15, -0.1) is 0 Å². The van der Waals surface area contributed by atoms with E-state index in [1.807, 2.05) is 6.07 Å². The quantitative estimate of drug-likeness (QED) is 0.134. The summed E-state index contributed by atoms with van der Waals surface area (Å²) in [4.78, 5) is 3.68. The van der Waals surface area contributed by atoms with Gasteiger partial charge in [0.05, 0.1) is 57.5 Å². The Morgan fingerprint density at radius 2 is 1.27 bits per heavy atom. The summed E-state index contributed by atoms with van der Waals surface area (Å²) in [6.07, 6.45) is 0. The second-order valence-corrected chi connectivity index (χ2v) is 15.1. The van der Waals surface area contributed by atoms with Gasteiger partial charge in [0.25, 0.3) is 0 Å². The Labute approximate surface area is 285 Å². The summed E-state index contributed by atoms with van der Waals surface area (Å²) >= 11 is 0. The molecule has 7 heteroatoms. The van der Waals surface area contributed by atoms with E-state index in [0.29, 0.717) is 44.2 Å². The van der Waals surface area contributed by atoms with Crippen LogP contribution in [-0.2, 0) is 10.8 Å². The van der Waals surface area contributed by atoms with Crippen LogP contribution < -0.4 is 10.9 Å². The highest BCUT2D eigenvalue weighted by Gasteiger charge is 2.38. The summed E-state index contributed by atoms with van der Waals surface area (Å²) in [6.45, 7) is 20.8. The highest BCUT2D eigenvalue weighted by Crippen LogP contribution is 2.41. The minimum atomic E-state index is -0.425. The first kappa shape index (κ1) is 30.1.